The normalized spacial score (nSPS) is 10.7. The van der Waals surface area contributed by atoms with Gasteiger partial charge in [-0.05, 0) is 43.3 Å². The first-order valence-corrected chi connectivity index (χ1v) is 9.37. The lowest BCUT2D eigenvalue weighted by atomic mass is 10.2. The van der Waals surface area contributed by atoms with E-state index in [1.165, 1.54) is 11.8 Å². The number of aromatic nitrogens is 2. The van der Waals surface area contributed by atoms with E-state index in [-0.39, 0.29) is 17.6 Å². The van der Waals surface area contributed by atoms with E-state index < -0.39 is 0 Å². The fourth-order valence-electron chi connectivity index (χ4n) is 2.36. The Labute approximate surface area is 159 Å². The minimum absolute atomic E-state index is 0.168. The summed E-state index contributed by atoms with van der Waals surface area (Å²) in [6.45, 7) is 2.40. The topological polar surface area (TPSA) is 86.9 Å². The maximum atomic E-state index is 12.2. The maximum absolute atomic E-state index is 12.2. The Balaban J connectivity index is 1.60. The second kappa shape index (κ2) is 8.25. The predicted octanol–water partition coefficient (Wildman–Crippen LogP) is 3.70. The number of hydrogen-bond acceptors (Lipinski definition) is 4. The summed E-state index contributed by atoms with van der Waals surface area (Å²) in [7, 11) is 0. The number of nitrogens with zero attached hydrogens (tertiary/aromatic N) is 1. The highest BCUT2D eigenvalue weighted by atomic mass is 35.5. The maximum Gasteiger partial charge on any atom is 0.251 e. The number of benzene rings is 2. The van der Waals surface area contributed by atoms with Gasteiger partial charge in [0.25, 0.3) is 5.91 Å². The lowest BCUT2D eigenvalue weighted by Gasteiger charge is -2.07. The molecular formula is C18H17ClN4O2S. The number of H-pyrrole nitrogens is 1. The number of hydrogen-bond donors (Lipinski definition) is 3. The Morgan fingerprint density at radius 1 is 1.23 bits per heavy atom. The van der Waals surface area contributed by atoms with Crippen molar-refractivity contribution in [2.75, 3.05) is 17.6 Å². The molecule has 0 saturated heterocycles. The molecule has 2 amide bonds. The molecule has 0 radical (unpaired) electrons. The number of anilines is 1. The Morgan fingerprint density at radius 2 is 2.08 bits per heavy atom. The van der Waals surface area contributed by atoms with Gasteiger partial charge in [0.05, 0.1) is 16.8 Å². The van der Waals surface area contributed by atoms with E-state index in [4.69, 9.17) is 11.6 Å². The van der Waals surface area contributed by atoms with Crippen molar-refractivity contribution in [3.63, 3.8) is 0 Å². The summed E-state index contributed by atoms with van der Waals surface area (Å²) >= 11 is 7.25. The molecule has 1 aromatic heterocycles. The zero-order valence-corrected chi connectivity index (χ0v) is 15.6. The molecule has 1 heterocycles. The lowest BCUT2D eigenvalue weighted by Crippen LogP contribution is -2.23. The third-order valence-electron chi connectivity index (χ3n) is 3.51. The number of thioether (sulfide) groups is 1. The van der Waals surface area contributed by atoms with Crippen LogP contribution < -0.4 is 10.6 Å². The zero-order valence-electron chi connectivity index (χ0n) is 14.0. The van der Waals surface area contributed by atoms with Gasteiger partial charge in [-0.2, -0.15) is 0 Å². The van der Waals surface area contributed by atoms with E-state index in [1.54, 1.807) is 36.4 Å². The first-order chi connectivity index (χ1) is 12.5. The molecule has 0 aliphatic rings. The number of imidazole rings is 1. The third-order valence-corrected chi connectivity index (χ3v) is 4.62. The average Bonchev–Trinajstić information content (AvgIpc) is 3.02. The molecule has 0 saturated carbocycles. The minimum atomic E-state index is -0.179. The van der Waals surface area contributed by atoms with E-state index in [2.05, 4.69) is 20.6 Å². The number of nitrogens with one attached hydrogen (secondary N) is 3. The van der Waals surface area contributed by atoms with E-state index in [1.807, 2.05) is 13.0 Å². The van der Waals surface area contributed by atoms with Gasteiger partial charge in [0.15, 0.2) is 5.16 Å². The minimum Gasteiger partial charge on any atom is -0.352 e. The van der Waals surface area contributed by atoms with Crippen LogP contribution in [0.1, 0.15) is 17.3 Å². The van der Waals surface area contributed by atoms with E-state index in [0.717, 1.165) is 11.0 Å². The van der Waals surface area contributed by atoms with Crippen LogP contribution in [0.5, 0.6) is 0 Å². The van der Waals surface area contributed by atoms with Gasteiger partial charge in [-0.15, -0.1) is 0 Å². The van der Waals surface area contributed by atoms with Crippen molar-refractivity contribution >= 4 is 51.9 Å². The lowest BCUT2D eigenvalue weighted by molar-refractivity contribution is -0.113. The van der Waals surface area contributed by atoms with Crippen LogP contribution in [-0.4, -0.2) is 34.1 Å². The molecule has 0 spiro atoms. The van der Waals surface area contributed by atoms with Crippen LogP contribution in [0.4, 0.5) is 5.69 Å². The fourth-order valence-corrected chi connectivity index (χ4v) is 3.22. The Morgan fingerprint density at radius 3 is 2.88 bits per heavy atom. The van der Waals surface area contributed by atoms with Crippen LogP contribution in [0, 0.1) is 0 Å². The van der Waals surface area contributed by atoms with Crippen molar-refractivity contribution in [1.29, 1.82) is 0 Å². The monoisotopic (exact) mass is 388 g/mol. The fraction of sp³-hybridized carbons (Fsp3) is 0.167. The van der Waals surface area contributed by atoms with Crippen LogP contribution >= 0.6 is 23.4 Å². The summed E-state index contributed by atoms with van der Waals surface area (Å²) < 4.78 is 0. The van der Waals surface area contributed by atoms with Crippen LogP contribution in [-0.2, 0) is 4.79 Å². The highest BCUT2D eigenvalue weighted by Crippen LogP contribution is 2.22. The smallest absolute Gasteiger partial charge is 0.251 e. The zero-order chi connectivity index (χ0) is 18.5. The predicted molar refractivity (Wildman–Crippen MR) is 105 cm³/mol. The van der Waals surface area contributed by atoms with Crippen LogP contribution in [0.3, 0.4) is 0 Å². The standard InChI is InChI=1S/C18H17ClN4O2S/c1-2-20-17(25)11-4-3-5-13(8-11)21-16(24)10-26-18-22-14-7-6-12(19)9-15(14)23-18/h3-9H,2,10H2,1H3,(H,20,25)(H,21,24)(H,22,23). The van der Waals surface area contributed by atoms with Gasteiger partial charge in [-0.25, -0.2) is 4.98 Å². The molecule has 0 atom stereocenters. The summed E-state index contributed by atoms with van der Waals surface area (Å²) in [5.74, 6) is -0.153. The first kappa shape index (κ1) is 18.3. The van der Waals surface area contributed by atoms with Crippen LogP contribution in [0.25, 0.3) is 11.0 Å². The summed E-state index contributed by atoms with van der Waals surface area (Å²) in [5.41, 5.74) is 2.71. The number of amides is 2. The SMILES string of the molecule is CCNC(=O)c1cccc(NC(=O)CSc2nc3ccc(Cl)cc3[nH]2)c1. The molecule has 0 aliphatic carbocycles. The Hall–Kier alpha value is -2.51. The molecule has 0 unspecified atom stereocenters. The van der Waals surface area contributed by atoms with Crippen molar-refractivity contribution in [3.8, 4) is 0 Å². The molecule has 0 aliphatic heterocycles. The molecule has 3 aromatic rings. The number of rotatable bonds is 6. The molecule has 3 rings (SSSR count). The Kier molecular flexibility index (Phi) is 5.80. The van der Waals surface area contributed by atoms with Crippen molar-refractivity contribution in [3.05, 3.63) is 53.1 Å². The molecule has 26 heavy (non-hydrogen) atoms. The number of halogens is 1. The summed E-state index contributed by atoms with van der Waals surface area (Å²) in [6.07, 6.45) is 0. The van der Waals surface area contributed by atoms with E-state index in [0.29, 0.717) is 28.0 Å². The van der Waals surface area contributed by atoms with Gasteiger partial charge in [0.2, 0.25) is 5.91 Å². The van der Waals surface area contributed by atoms with Crippen molar-refractivity contribution < 1.29 is 9.59 Å². The van der Waals surface area contributed by atoms with Crippen molar-refractivity contribution in [1.82, 2.24) is 15.3 Å². The molecule has 2 aromatic carbocycles. The number of carbonyl (C=O) groups excluding carboxylic acids is 2. The highest BCUT2D eigenvalue weighted by molar-refractivity contribution is 7.99. The van der Waals surface area contributed by atoms with Gasteiger partial charge < -0.3 is 15.6 Å². The molecule has 134 valence electrons. The van der Waals surface area contributed by atoms with Crippen molar-refractivity contribution in [2.24, 2.45) is 0 Å². The van der Waals surface area contributed by atoms with Gasteiger partial charge >= 0.3 is 0 Å². The number of carbonyl (C=O) groups is 2. The molecule has 3 N–H and O–H groups in total. The molecular weight excluding hydrogens is 372 g/mol. The summed E-state index contributed by atoms with van der Waals surface area (Å²) in [6, 6.07) is 12.2. The number of fused-ring (bicyclic) bond motifs is 1. The van der Waals surface area contributed by atoms with Gasteiger partial charge in [0, 0.05) is 22.8 Å². The Bertz CT molecular complexity index is 957. The molecule has 0 fully saturated rings. The quantitative estimate of drug-likeness (QED) is 0.562. The first-order valence-electron chi connectivity index (χ1n) is 8.01. The van der Waals surface area contributed by atoms with E-state index in [9.17, 15) is 9.59 Å². The van der Waals surface area contributed by atoms with Gasteiger partial charge in [-0.1, -0.05) is 29.4 Å². The van der Waals surface area contributed by atoms with Crippen LogP contribution in [0.2, 0.25) is 5.02 Å². The molecule has 0 bridgehead atoms. The van der Waals surface area contributed by atoms with Crippen molar-refractivity contribution in [2.45, 2.75) is 12.1 Å². The largest absolute Gasteiger partial charge is 0.352 e. The third kappa shape index (κ3) is 4.56. The van der Waals surface area contributed by atoms with Crippen LogP contribution in [0.15, 0.2) is 47.6 Å². The van der Waals surface area contributed by atoms with Gasteiger partial charge in [0.1, 0.15) is 0 Å². The second-order valence-corrected chi connectivity index (χ2v) is 6.88. The van der Waals surface area contributed by atoms with E-state index >= 15 is 0 Å². The average molecular weight is 389 g/mol. The summed E-state index contributed by atoms with van der Waals surface area (Å²) in [5, 5.41) is 6.79. The van der Waals surface area contributed by atoms with Gasteiger partial charge in [-0.3, -0.25) is 9.59 Å². The summed E-state index contributed by atoms with van der Waals surface area (Å²) in [4.78, 5) is 31.6. The number of aromatic amines is 1. The molecule has 6 nitrogen and oxygen atoms in total. The second-order valence-electron chi connectivity index (χ2n) is 5.48. The molecule has 8 heteroatoms. The highest BCUT2D eigenvalue weighted by Gasteiger charge is 2.09.